The van der Waals surface area contributed by atoms with Crippen LogP contribution < -0.4 is 5.32 Å². The third-order valence-electron chi connectivity index (χ3n) is 4.97. The number of amides is 1. The number of ketones is 1. The van der Waals surface area contributed by atoms with E-state index in [1.54, 1.807) is 0 Å². The Morgan fingerprint density at radius 3 is 2.58 bits per heavy atom. The van der Waals surface area contributed by atoms with Gasteiger partial charge in [-0.2, -0.15) is 5.10 Å². The Morgan fingerprint density at radius 2 is 1.85 bits per heavy atom. The molecule has 0 fully saturated rings. The first-order valence-corrected chi connectivity index (χ1v) is 8.59. The molecule has 2 aromatic carbocycles. The summed E-state index contributed by atoms with van der Waals surface area (Å²) in [5.74, 6) is -0.342. The van der Waals surface area contributed by atoms with Gasteiger partial charge in [0.25, 0.3) is 0 Å². The van der Waals surface area contributed by atoms with Crippen LogP contribution in [0.15, 0.2) is 48.5 Å². The molecule has 2 heterocycles. The zero-order chi connectivity index (χ0) is 18.3. The summed E-state index contributed by atoms with van der Waals surface area (Å²) in [6, 6.07) is 15.4. The molecular formula is C21H19N3O2. The number of hydrogen-bond donors (Lipinski definition) is 2. The van der Waals surface area contributed by atoms with Crippen LogP contribution in [0.3, 0.4) is 0 Å². The minimum absolute atomic E-state index is 0.0530. The molecule has 0 aliphatic carbocycles. The highest BCUT2D eigenvalue weighted by Gasteiger charge is 2.35. The molecule has 3 aromatic rings. The zero-order valence-electron chi connectivity index (χ0n) is 14.7. The average molecular weight is 345 g/mol. The molecule has 5 heteroatoms. The molecule has 0 saturated carbocycles. The van der Waals surface area contributed by atoms with Gasteiger partial charge in [-0.15, -0.1) is 0 Å². The van der Waals surface area contributed by atoms with Crippen LogP contribution in [0, 0.1) is 13.8 Å². The number of anilines is 1. The molecule has 0 bridgehead atoms. The maximum Gasteiger partial charge on any atom is 0.226 e. The summed E-state index contributed by atoms with van der Waals surface area (Å²) in [5.41, 5.74) is 5.31. The van der Waals surface area contributed by atoms with Crippen molar-refractivity contribution < 1.29 is 9.59 Å². The molecular weight excluding hydrogens is 326 g/mol. The first-order chi connectivity index (χ1) is 12.5. The van der Waals surface area contributed by atoms with Gasteiger partial charge in [-0.05, 0) is 36.6 Å². The second-order valence-corrected chi connectivity index (χ2v) is 6.70. The van der Waals surface area contributed by atoms with E-state index in [1.165, 1.54) is 0 Å². The molecule has 1 aliphatic rings. The number of carbonyl (C=O) groups excluding carboxylic acids is 2. The van der Waals surface area contributed by atoms with Gasteiger partial charge in [-0.25, -0.2) is 0 Å². The number of H-pyrrole nitrogens is 1. The lowest BCUT2D eigenvalue weighted by molar-refractivity contribution is -0.116. The fourth-order valence-corrected chi connectivity index (χ4v) is 3.40. The third kappa shape index (κ3) is 2.71. The number of benzene rings is 2. The number of aryl methyl sites for hydroxylation is 2. The van der Waals surface area contributed by atoms with Crippen molar-refractivity contribution in [1.82, 2.24) is 10.2 Å². The second kappa shape index (κ2) is 6.26. The van der Waals surface area contributed by atoms with E-state index in [2.05, 4.69) is 15.5 Å². The van der Waals surface area contributed by atoms with Gasteiger partial charge in [-0.3, -0.25) is 14.7 Å². The molecule has 1 amide bonds. The summed E-state index contributed by atoms with van der Waals surface area (Å²) in [7, 11) is 0. The molecule has 4 rings (SSSR count). The van der Waals surface area contributed by atoms with Gasteiger partial charge in [0.15, 0.2) is 11.6 Å². The number of fused-ring (bicyclic) bond motifs is 1. The van der Waals surface area contributed by atoms with Gasteiger partial charge in [0.1, 0.15) is 0 Å². The number of rotatable bonds is 3. The molecule has 5 nitrogen and oxygen atoms in total. The van der Waals surface area contributed by atoms with E-state index in [0.29, 0.717) is 11.4 Å². The number of hydrogen-bond acceptors (Lipinski definition) is 3. The number of nitrogens with one attached hydrogen (secondary N) is 2. The van der Waals surface area contributed by atoms with Gasteiger partial charge in [0, 0.05) is 17.5 Å². The molecule has 0 unspecified atom stereocenters. The fourth-order valence-electron chi connectivity index (χ4n) is 3.40. The van der Waals surface area contributed by atoms with Crippen molar-refractivity contribution in [2.75, 3.05) is 5.32 Å². The quantitative estimate of drug-likeness (QED) is 0.705. The highest BCUT2D eigenvalue weighted by atomic mass is 16.2. The Hall–Kier alpha value is -3.21. The number of aromatic nitrogens is 2. The van der Waals surface area contributed by atoms with Crippen LogP contribution in [0.1, 0.15) is 39.4 Å². The van der Waals surface area contributed by atoms with E-state index >= 15 is 0 Å². The van der Waals surface area contributed by atoms with E-state index in [1.807, 2.05) is 62.4 Å². The van der Waals surface area contributed by atoms with Crippen LogP contribution in [0.25, 0.3) is 11.3 Å². The van der Waals surface area contributed by atoms with Crippen molar-refractivity contribution in [2.24, 2.45) is 0 Å². The van der Waals surface area contributed by atoms with Gasteiger partial charge >= 0.3 is 0 Å². The number of Topliss-reactive ketones (excluding diaryl/α,β-unsaturated/α-hetero) is 1. The Kier molecular flexibility index (Phi) is 3.92. The third-order valence-corrected chi connectivity index (χ3v) is 4.97. The minimum atomic E-state index is -0.546. The molecule has 0 radical (unpaired) electrons. The average Bonchev–Trinajstić information content (AvgIpc) is 3.07. The predicted molar refractivity (Wildman–Crippen MR) is 100 cm³/mol. The lowest BCUT2D eigenvalue weighted by Crippen LogP contribution is -2.27. The van der Waals surface area contributed by atoms with E-state index in [-0.39, 0.29) is 18.1 Å². The summed E-state index contributed by atoms with van der Waals surface area (Å²) in [4.78, 5) is 25.4. The summed E-state index contributed by atoms with van der Waals surface area (Å²) in [5, 5.41) is 10.00. The first-order valence-electron chi connectivity index (χ1n) is 8.59. The normalized spacial score (nSPS) is 16.1. The maximum atomic E-state index is 13.2. The van der Waals surface area contributed by atoms with Crippen LogP contribution in [0.5, 0.6) is 0 Å². The Bertz CT molecular complexity index is 1010. The van der Waals surface area contributed by atoms with Gasteiger partial charge in [0.2, 0.25) is 5.91 Å². The van der Waals surface area contributed by atoms with E-state index in [0.717, 1.165) is 27.9 Å². The molecule has 0 saturated heterocycles. The van der Waals surface area contributed by atoms with E-state index in [9.17, 15) is 9.59 Å². The number of aromatic amines is 1. The number of carbonyl (C=O) groups is 2. The van der Waals surface area contributed by atoms with Crippen molar-refractivity contribution in [3.05, 3.63) is 70.8 Å². The fraction of sp³-hybridized carbons (Fsp3) is 0.190. The summed E-state index contributed by atoms with van der Waals surface area (Å²) >= 11 is 0. The van der Waals surface area contributed by atoms with Crippen molar-refractivity contribution in [2.45, 2.75) is 26.2 Å². The Balaban J connectivity index is 1.81. The Labute approximate surface area is 151 Å². The highest BCUT2D eigenvalue weighted by Crippen LogP contribution is 2.39. The van der Waals surface area contributed by atoms with Crippen LogP contribution in [0.2, 0.25) is 0 Å². The van der Waals surface area contributed by atoms with Crippen molar-refractivity contribution in [3.8, 4) is 11.3 Å². The van der Waals surface area contributed by atoms with E-state index in [4.69, 9.17) is 0 Å². The molecule has 26 heavy (non-hydrogen) atoms. The maximum absolute atomic E-state index is 13.2. The highest BCUT2D eigenvalue weighted by molar-refractivity contribution is 6.08. The topological polar surface area (TPSA) is 74.8 Å². The predicted octanol–water partition coefficient (Wildman–Crippen LogP) is 4.00. The standard InChI is InChI=1S/C21H19N3O2/c1-12-8-9-15(10-13(12)2)20(26)16-11-17(25)22-21-18(16)19(23-24-21)14-6-4-3-5-7-14/h3-10,16H,11H2,1-2H3,(H2,22,23,24,25)/t16-/m0/s1. The summed E-state index contributed by atoms with van der Waals surface area (Å²) in [6.45, 7) is 4.00. The molecule has 130 valence electrons. The van der Waals surface area contributed by atoms with Crippen LogP contribution in [-0.4, -0.2) is 21.9 Å². The molecule has 2 N–H and O–H groups in total. The Morgan fingerprint density at radius 1 is 1.08 bits per heavy atom. The van der Waals surface area contributed by atoms with E-state index < -0.39 is 5.92 Å². The monoisotopic (exact) mass is 345 g/mol. The second-order valence-electron chi connectivity index (χ2n) is 6.70. The van der Waals surface area contributed by atoms with Crippen LogP contribution in [0.4, 0.5) is 5.82 Å². The summed E-state index contributed by atoms with van der Waals surface area (Å²) < 4.78 is 0. The molecule has 1 aliphatic heterocycles. The largest absolute Gasteiger partial charge is 0.309 e. The smallest absolute Gasteiger partial charge is 0.226 e. The minimum Gasteiger partial charge on any atom is -0.309 e. The lowest BCUT2D eigenvalue weighted by atomic mass is 9.83. The molecule has 1 atom stereocenters. The van der Waals surface area contributed by atoms with Crippen LogP contribution in [-0.2, 0) is 4.79 Å². The zero-order valence-corrected chi connectivity index (χ0v) is 14.7. The lowest BCUT2D eigenvalue weighted by Gasteiger charge is -2.22. The van der Waals surface area contributed by atoms with Crippen molar-refractivity contribution in [1.29, 1.82) is 0 Å². The SMILES string of the molecule is Cc1ccc(C(=O)[C@H]2CC(=O)Nc3n[nH]c(-c4ccccc4)c32)cc1C. The van der Waals surface area contributed by atoms with Gasteiger partial charge in [-0.1, -0.05) is 42.5 Å². The van der Waals surface area contributed by atoms with Crippen molar-refractivity contribution >= 4 is 17.5 Å². The number of nitrogens with zero attached hydrogens (tertiary/aromatic N) is 1. The first kappa shape index (κ1) is 16.3. The van der Waals surface area contributed by atoms with Gasteiger partial charge in [0.05, 0.1) is 11.6 Å². The summed E-state index contributed by atoms with van der Waals surface area (Å²) in [6.07, 6.45) is 0.123. The van der Waals surface area contributed by atoms with Gasteiger partial charge < -0.3 is 5.32 Å². The van der Waals surface area contributed by atoms with Crippen LogP contribution >= 0.6 is 0 Å². The van der Waals surface area contributed by atoms with Crippen molar-refractivity contribution in [3.63, 3.8) is 0 Å². The molecule has 1 aromatic heterocycles. The molecule has 0 spiro atoms.